The second-order valence-electron chi connectivity index (χ2n) is 32.1. The highest BCUT2D eigenvalue weighted by atomic mass is 79.9. The number of ether oxygens (including phenoxy) is 10. The van der Waals surface area contributed by atoms with Crippen LogP contribution in [0, 0.1) is 33.5 Å². The molecule has 0 spiro atoms. The van der Waals surface area contributed by atoms with Gasteiger partial charge in [-0.25, -0.2) is 0 Å². The average molecular weight is 1750 g/mol. The van der Waals surface area contributed by atoms with E-state index in [1.165, 1.54) is 5.56 Å². The van der Waals surface area contributed by atoms with Crippen LogP contribution in [-0.4, -0.2) is 137 Å². The first-order valence-electron chi connectivity index (χ1n) is 38.8. The van der Waals surface area contributed by atoms with Gasteiger partial charge in [0, 0.05) is 31.4 Å². The monoisotopic (exact) mass is 1740 g/mol. The number of alkyl halides is 1. The summed E-state index contributed by atoms with van der Waals surface area (Å²) >= 11 is 26.1. The van der Waals surface area contributed by atoms with Crippen molar-refractivity contribution in [3.05, 3.63) is 191 Å². The predicted octanol–water partition coefficient (Wildman–Crippen LogP) is 19.8. The van der Waals surface area contributed by atoms with E-state index in [-0.39, 0.29) is 47.9 Å². The molecular weight excluding hydrogens is 1620 g/mol. The van der Waals surface area contributed by atoms with Gasteiger partial charge in [0.2, 0.25) is 0 Å². The molecule has 18 nitrogen and oxygen atoms in total. The van der Waals surface area contributed by atoms with Crippen LogP contribution in [0.3, 0.4) is 0 Å². The molecule has 3 aliphatic rings. The summed E-state index contributed by atoms with van der Waals surface area (Å²) in [5, 5.41) is 41.2. The zero-order valence-corrected chi connectivity index (χ0v) is 74.5. The second kappa shape index (κ2) is 44.5. The Morgan fingerprint density at radius 2 is 0.723 bits per heavy atom. The summed E-state index contributed by atoms with van der Waals surface area (Å²) in [6.07, 6.45) is -6.09. The average Bonchev–Trinajstić information content (AvgIpc) is 0.782. The molecule has 6 aromatic carbocycles. The van der Waals surface area contributed by atoms with Crippen molar-refractivity contribution < 1.29 is 87.0 Å². The van der Waals surface area contributed by atoms with Crippen molar-refractivity contribution in [1.29, 1.82) is 0 Å². The van der Waals surface area contributed by atoms with Crippen molar-refractivity contribution in [3.63, 3.8) is 0 Å². The van der Waals surface area contributed by atoms with Crippen LogP contribution in [0.25, 0.3) is 0 Å². The fourth-order valence-electron chi connectivity index (χ4n) is 12.2. The zero-order chi connectivity index (χ0) is 83.9. The Morgan fingerprint density at radius 3 is 1.07 bits per heavy atom. The van der Waals surface area contributed by atoms with Crippen LogP contribution in [-0.2, 0) is 71.6 Å². The standard InChI is InChI=1S/C33H45ClO6.C21H25ClO6.C18H31BrO5.C15H14BrClO.C2H6/c1-10-26-20(3)27(39-30(35)32(4,5)6)29(40-31(36)33(7,8)9)28(38-26)22-14-17-25(34)23(19-22)18-21-12-15-24(16-13-21)37-11-2;1-2-27-15-6-3-12(4-7-15)9-14-10-13(5-8-16(14)22)21-20(26)19(25)18(24)17(11-23)28-21;1-9-11-10(2)12(23-15(20)17(3,4)5)13(14(19)22-11)24-16(21)18(6,7)8;1-2-18-14-6-3-11(4-7-14)9-12-10-13(16)5-8-15(12)17;1-2/h12-17,19-20,26-29H,10-11,18H2,1-9H3;3-8,10,17-21,23-26H,2,9,11H2,1H3;10-14H,9H2,1-8H3;3-8,10H,2,9H2,1H3;1-2H3/t20-,26-,27+,28?,29-;17-,18-,19+,20-,21?;10-,11-,12+,13-,14+;;/m111../s1. The third-order valence-corrected chi connectivity index (χ3v) is 21.2. The Labute approximate surface area is 697 Å². The Balaban J connectivity index is 0.000000275. The Bertz CT molecular complexity index is 3910. The van der Waals surface area contributed by atoms with Gasteiger partial charge in [-0.2, -0.15) is 0 Å². The summed E-state index contributed by atoms with van der Waals surface area (Å²) in [6.45, 7) is 41.0. The molecule has 3 heterocycles. The third kappa shape index (κ3) is 28.2. The Kier molecular flexibility index (Phi) is 38.4. The summed E-state index contributed by atoms with van der Waals surface area (Å²) in [4.78, 5) is 51.0. The molecule has 0 aromatic heterocycles. The van der Waals surface area contributed by atoms with Gasteiger partial charge >= 0.3 is 23.9 Å². The van der Waals surface area contributed by atoms with Crippen LogP contribution in [0.15, 0.2) is 132 Å². The van der Waals surface area contributed by atoms with Gasteiger partial charge in [0.15, 0.2) is 17.2 Å². The number of esters is 4. The number of halogens is 5. The largest absolute Gasteiger partial charge is 0.494 e. The number of carbonyl (C=O) groups is 4. The SMILES string of the molecule is CC.CCOc1ccc(Cc2cc(Br)ccc2Cl)cc1.CCOc1ccc(Cc2cc(C3O[C@H](CC)[C@@H](C)[C@H](OC(=O)C(C)(C)C)[C@H]3OC(=O)C(C)(C)C)ccc2Cl)cc1.CCOc1ccc(Cc2cc(C3O[C@H](CO)[C@@H](O)[C@H](O)[C@H]3O)ccc2Cl)cc1.CC[C@H]1O[C@H](Br)[C@H](OC(=O)C(C)(C)C)[C@@H](OC(=O)C(C)(C)C)[C@@H]1C. The summed E-state index contributed by atoms with van der Waals surface area (Å²) in [5.41, 5.74) is 4.93. The highest BCUT2D eigenvalue weighted by Crippen LogP contribution is 2.44. The maximum Gasteiger partial charge on any atom is 0.311 e. The van der Waals surface area contributed by atoms with Crippen LogP contribution >= 0.6 is 66.7 Å². The van der Waals surface area contributed by atoms with Gasteiger partial charge in [-0.05, 0) is 247 Å². The molecule has 15 atom stereocenters. The van der Waals surface area contributed by atoms with Gasteiger partial charge in [0.1, 0.15) is 66.1 Å². The molecule has 620 valence electrons. The Hall–Kier alpha value is -5.85. The number of hydrogen-bond donors (Lipinski definition) is 4. The summed E-state index contributed by atoms with van der Waals surface area (Å²) in [7, 11) is 0. The first kappa shape index (κ1) is 96.7. The van der Waals surface area contributed by atoms with Crippen molar-refractivity contribution in [2.45, 2.75) is 256 Å². The molecule has 6 aromatic rings. The van der Waals surface area contributed by atoms with E-state index in [1.54, 1.807) is 74.4 Å². The third-order valence-electron chi connectivity index (χ3n) is 18.8. The number of rotatable bonds is 21. The van der Waals surface area contributed by atoms with Crippen molar-refractivity contribution in [2.24, 2.45) is 33.5 Å². The lowest BCUT2D eigenvalue weighted by atomic mass is 9.83. The van der Waals surface area contributed by atoms with Gasteiger partial charge < -0.3 is 67.8 Å². The van der Waals surface area contributed by atoms with Crippen LogP contribution < -0.4 is 14.2 Å². The quantitative estimate of drug-likeness (QED) is 0.0297. The van der Waals surface area contributed by atoms with Crippen LogP contribution in [0.1, 0.15) is 215 Å². The lowest BCUT2D eigenvalue weighted by Gasteiger charge is -2.46. The number of carbonyl (C=O) groups excluding carboxylic acids is 4. The first-order valence-corrected chi connectivity index (χ1v) is 41.7. The normalized spacial score (nSPS) is 23.7. The Morgan fingerprint density at radius 1 is 0.411 bits per heavy atom. The van der Waals surface area contributed by atoms with E-state index in [4.69, 9.17) is 82.2 Å². The van der Waals surface area contributed by atoms with E-state index in [2.05, 4.69) is 50.1 Å². The zero-order valence-electron chi connectivity index (χ0n) is 69.0. The number of benzene rings is 6. The molecule has 3 saturated heterocycles. The minimum Gasteiger partial charge on any atom is -0.494 e. The highest BCUT2D eigenvalue weighted by molar-refractivity contribution is 9.10. The number of aliphatic hydroxyl groups excluding tert-OH is 4. The van der Waals surface area contributed by atoms with E-state index in [1.807, 2.05) is 180 Å². The second-order valence-corrected chi connectivity index (χ2v) is 35.1. The van der Waals surface area contributed by atoms with Gasteiger partial charge in [-0.3, -0.25) is 19.2 Å². The molecule has 0 bridgehead atoms. The molecule has 3 aliphatic heterocycles. The van der Waals surface area contributed by atoms with E-state index in [9.17, 15) is 39.6 Å². The smallest absolute Gasteiger partial charge is 0.311 e. The van der Waals surface area contributed by atoms with Gasteiger partial charge in [0.25, 0.3) is 0 Å². The van der Waals surface area contributed by atoms with Gasteiger partial charge in [-0.15, -0.1) is 0 Å². The van der Waals surface area contributed by atoms with Crippen LogP contribution in [0.2, 0.25) is 15.1 Å². The molecule has 9 rings (SSSR count). The van der Waals surface area contributed by atoms with Gasteiger partial charge in [0.05, 0.1) is 60.3 Å². The summed E-state index contributed by atoms with van der Waals surface area (Å²) in [5.74, 6) is 0.883. The minimum atomic E-state index is -1.42. The van der Waals surface area contributed by atoms with Gasteiger partial charge in [-0.1, -0.05) is 169 Å². The van der Waals surface area contributed by atoms with Crippen molar-refractivity contribution in [1.82, 2.24) is 0 Å². The minimum absolute atomic E-state index is 0.0725. The predicted molar refractivity (Wildman–Crippen MR) is 449 cm³/mol. The fourth-order valence-corrected chi connectivity index (χ4v) is 13.9. The van der Waals surface area contributed by atoms with E-state index in [0.717, 1.165) is 73.0 Å². The molecule has 0 aliphatic carbocycles. The van der Waals surface area contributed by atoms with Crippen molar-refractivity contribution >= 4 is 90.5 Å². The van der Waals surface area contributed by atoms with Crippen LogP contribution in [0.5, 0.6) is 17.2 Å². The molecule has 23 heteroatoms. The molecular formula is C89H121Br2Cl3O18. The molecule has 0 saturated carbocycles. The fraction of sp³-hybridized carbons (Fsp3) is 0.551. The van der Waals surface area contributed by atoms with Crippen molar-refractivity contribution in [2.75, 3.05) is 26.4 Å². The van der Waals surface area contributed by atoms with E-state index < -0.39 is 94.3 Å². The van der Waals surface area contributed by atoms with E-state index >= 15 is 0 Å². The topological polar surface area (TPSA) is 241 Å². The summed E-state index contributed by atoms with van der Waals surface area (Å²) in [6, 6.07) is 40.7. The maximum atomic E-state index is 13.2. The lowest BCUT2D eigenvalue weighted by molar-refractivity contribution is -0.233. The molecule has 4 N–H and O–H groups in total. The number of aliphatic hydroxyl groups is 4. The van der Waals surface area contributed by atoms with Crippen LogP contribution in [0.4, 0.5) is 0 Å². The lowest BCUT2D eigenvalue weighted by Crippen LogP contribution is -2.56. The molecule has 112 heavy (non-hydrogen) atoms. The van der Waals surface area contributed by atoms with Crippen molar-refractivity contribution in [3.8, 4) is 17.2 Å². The molecule has 2 unspecified atom stereocenters. The molecule has 0 radical (unpaired) electrons. The number of hydrogen-bond acceptors (Lipinski definition) is 18. The molecule has 3 fully saturated rings. The van der Waals surface area contributed by atoms with E-state index in [0.29, 0.717) is 54.7 Å². The molecule has 0 amide bonds. The highest BCUT2D eigenvalue weighted by Gasteiger charge is 2.52. The summed E-state index contributed by atoms with van der Waals surface area (Å²) < 4.78 is 59.4. The first-order chi connectivity index (χ1) is 52.6. The maximum absolute atomic E-state index is 13.2.